The summed E-state index contributed by atoms with van der Waals surface area (Å²) in [6.07, 6.45) is 3.20. The molecule has 3 unspecified atom stereocenters. The molecule has 0 aliphatic carbocycles. The Labute approximate surface area is 73.2 Å². The fourth-order valence-electron chi connectivity index (χ4n) is 2.24. The van der Waals surface area contributed by atoms with Crippen LogP contribution >= 0.6 is 0 Å². The lowest BCUT2D eigenvalue weighted by Crippen LogP contribution is -2.49. The van der Waals surface area contributed by atoms with Gasteiger partial charge in [-0.1, -0.05) is 0 Å². The third-order valence-corrected chi connectivity index (χ3v) is 3.12. The first kappa shape index (κ1) is 8.48. The maximum atomic E-state index is 5.92. The van der Waals surface area contributed by atoms with Crippen molar-refractivity contribution in [3.05, 3.63) is 0 Å². The van der Waals surface area contributed by atoms with E-state index in [4.69, 9.17) is 15.2 Å². The van der Waals surface area contributed by atoms with Crippen molar-refractivity contribution in [3.8, 4) is 0 Å². The molecule has 2 saturated heterocycles. The molecule has 0 radical (unpaired) electrons. The van der Waals surface area contributed by atoms with E-state index in [9.17, 15) is 0 Å². The fourth-order valence-corrected chi connectivity index (χ4v) is 2.24. The Morgan fingerprint density at radius 3 is 2.83 bits per heavy atom. The highest BCUT2D eigenvalue weighted by Gasteiger charge is 2.45. The molecule has 2 heterocycles. The fraction of sp³-hybridized carbons (Fsp3) is 1.00. The maximum Gasteiger partial charge on any atom is 0.0976 e. The Morgan fingerprint density at radius 1 is 1.42 bits per heavy atom. The van der Waals surface area contributed by atoms with E-state index in [2.05, 4.69) is 6.92 Å². The molecule has 2 fully saturated rings. The van der Waals surface area contributed by atoms with Gasteiger partial charge in [0.15, 0.2) is 0 Å². The first-order valence-electron chi connectivity index (χ1n) is 4.74. The molecule has 2 N–H and O–H groups in total. The van der Waals surface area contributed by atoms with E-state index in [0.29, 0.717) is 6.04 Å². The molecule has 2 aliphatic heterocycles. The van der Waals surface area contributed by atoms with Gasteiger partial charge in [-0.3, -0.25) is 0 Å². The Balaban J connectivity index is 2.08. The van der Waals surface area contributed by atoms with E-state index in [1.807, 2.05) is 0 Å². The molecule has 0 saturated carbocycles. The van der Waals surface area contributed by atoms with Gasteiger partial charge in [-0.25, -0.2) is 0 Å². The topological polar surface area (TPSA) is 44.5 Å². The molecule has 2 rings (SSSR count). The van der Waals surface area contributed by atoms with Crippen molar-refractivity contribution in [2.24, 2.45) is 5.73 Å². The standard InChI is InChI=1S/C9H17NO2/c1-7-9(3-5-11-7)6-8(10)2-4-12-9/h7-8H,2-6,10H2,1H3. The molecule has 3 heteroatoms. The van der Waals surface area contributed by atoms with E-state index in [-0.39, 0.29) is 11.7 Å². The van der Waals surface area contributed by atoms with Gasteiger partial charge < -0.3 is 15.2 Å². The van der Waals surface area contributed by atoms with Gasteiger partial charge in [-0.05, 0) is 19.8 Å². The summed E-state index contributed by atoms with van der Waals surface area (Å²) in [4.78, 5) is 0. The molecule has 0 amide bonds. The lowest BCUT2D eigenvalue weighted by atomic mass is 9.86. The van der Waals surface area contributed by atoms with E-state index in [1.165, 1.54) is 0 Å². The van der Waals surface area contributed by atoms with Crippen molar-refractivity contribution in [2.75, 3.05) is 13.2 Å². The van der Waals surface area contributed by atoms with Crippen molar-refractivity contribution in [1.29, 1.82) is 0 Å². The lowest BCUT2D eigenvalue weighted by molar-refractivity contribution is -0.116. The second-order valence-electron chi connectivity index (χ2n) is 3.93. The number of rotatable bonds is 0. The lowest BCUT2D eigenvalue weighted by Gasteiger charge is -2.38. The second kappa shape index (κ2) is 2.98. The smallest absolute Gasteiger partial charge is 0.0976 e. The minimum atomic E-state index is -0.0440. The van der Waals surface area contributed by atoms with Crippen molar-refractivity contribution in [1.82, 2.24) is 0 Å². The highest BCUT2D eigenvalue weighted by Crippen LogP contribution is 2.36. The minimum Gasteiger partial charge on any atom is -0.375 e. The van der Waals surface area contributed by atoms with Crippen molar-refractivity contribution in [2.45, 2.75) is 43.9 Å². The number of ether oxygens (including phenoxy) is 2. The van der Waals surface area contributed by atoms with Crippen molar-refractivity contribution in [3.63, 3.8) is 0 Å². The minimum absolute atomic E-state index is 0.0440. The number of nitrogens with two attached hydrogens (primary N) is 1. The Kier molecular flexibility index (Phi) is 2.10. The maximum absolute atomic E-state index is 5.92. The Hall–Kier alpha value is -0.120. The van der Waals surface area contributed by atoms with E-state index in [1.54, 1.807) is 0 Å². The van der Waals surface area contributed by atoms with Crippen LogP contribution in [0.25, 0.3) is 0 Å². The van der Waals surface area contributed by atoms with Crippen LogP contribution in [0.1, 0.15) is 26.2 Å². The van der Waals surface area contributed by atoms with Gasteiger partial charge in [-0.15, -0.1) is 0 Å². The average Bonchev–Trinajstić information content (AvgIpc) is 2.33. The SMILES string of the molecule is CC1OCCC12CC(N)CCO2. The molecule has 0 aromatic heterocycles. The zero-order valence-electron chi connectivity index (χ0n) is 7.58. The Morgan fingerprint density at radius 2 is 2.25 bits per heavy atom. The third kappa shape index (κ3) is 1.26. The summed E-state index contributed by atoms with van der Waals surface area (Å²) >= 11 is 0. The van der Waals surface area contributed by atoms with Gasteiger partial charge in [0.2, 0.25) is 0 Å². The number of hydrogen-bond acceptors (Lipinski definition) is 3. The first-order chi connectivity index (χ1) is 5.73. The summed E-state index contributed by atoms with van der Waals surface area (Å²) in [5.41, 5.74) is 5.87. The first-order valence-corrected chi connectivity index (χ1v) is 4.74. The van der Waals surface area contributed by atoms with Gasteiger partial charge in [0.25, 0.3) is 0 Å². The summed E-state index contributed by atoms with van der Waals surface area (Å²) in [5, 5.41) is 0. The van der Waals surface area contributed by atoms with Crippen LogP contribution < -0.4 is 5.73 Å². The summed E-state index contributed by atoms with van der Waals surface area (Å²) in [6.45, 7) is 3.72. The van der Waals surface area contributed by atoms with Gasteiger partial charge >= 0.3 is 0 Å². The van der Waals surface area contributed by atoms with Crippen LogP contribution in [-0.2, 0) is 9.47 Å². The normalized spacial score (nSPS) is 48.5. The molecule has 70 valence electrons. The molecular formula is C9H17NO2. The molecule has 3 atom stereocenters. The van der Waals surface area contributed by atoms with Crippen LogP contribution in [0.3, 0.4) is 0 Å². The molecule has 12 heavy (non-hydrogen) atoms. The monoisotopic (exact) mass is 171 g/mol. The predicted octanol–water partition coefficient (Wildman–Crippen LogP) is 0.672. The van der Waals surface area contributed by atoms with E-state index >= 15 is 0 Å². The highest BCUT2D eigenvalue weighted by atomic mass is 16.6. The van der Waals surface area contributed by atoms with E-state index in [0.717, 1.165) is 32.5 Å². The van der Waals surface area contributed by atoms with Crippen LogP contribution in [0.4, 0.5) is 0 Å². The van der Waals surface area contributed by atoms with Crippen LogP contribution in [0.5, 0.6) is 0 Å². The number of hydrogen-bond donors (Lipinski definition) is 1. The van der Waals surface area contributed by atoms with E-state index < -0.39 is 0 Å². The summed E-state index contributed by atoms with van der Waals surface area (Å²) in [6, 6.07) is 0.308. The summed E-state index contributed by atoms with van der Waals surface area (Å²) in [7, 11) is 0. The largest absolute Gasteiger partial charge is 0.375 e. The molecule has 0 aromatic carbocycles. The second-order valence-corrected chi connectivity index (χ2v) is 3.93. The molecular weight excluding hydrogens is 154 g/mol. The van der Waals surface area contributed by atoms with Crippen molar-refractivity contribution >= 4 is 0 Å². The molecule has 1 spiro atoms. The molecule has 2 aliphatic rings. The zero-order valence-corrected chi connectivity index (χ0v) is 7.58. The molecule has 0 aromatic rings. The van der Waals surface area contributed by atoms with Gasteiger partial charge in [0.05, 0.1) is 11.7 Å². The summed E-state index contributed by atoms with van der Waals surface area (Å²) in [5.74, 6) is 0. The predicted molar refractivity (Wildman–Crippen MR) is 45.9 cm³/mol. The van der Waals surface area contributed by atoms with Gasteiger partial charge in [-0.2, -0.15) is 0 Å². The zero-order chi connectivity index (χ0) is 8.60. The van der Waals surface area contributed by atoms with Gasteiger partial charge in [0, 0.05) is 25.7 Å². The Bertz CT molecular complexity index is 174. The average molecular weight is 171 g/mol. The van der Waals surface area contributed by atoms with Crippen LogP contribution in [0.15, 0.2) is 0 Å². The summed E-state index contributed by atoms with van der Waals surface area (Å²) < 4.78 is 11.3. The van der Waals surface area contributed by atoms with Crippen LogP contribution in [0, 0.1) is 0 Å². The highest BCUT2D eigenvalue weighted by molar-refractivity contribution is 4.96. The quantitative estimate of drug-likeness (QED) is 0.582. The van der Waals surface area contributed by atoms with Crippen LogP contribution in [0.2, 0.25) is 0 Å². The van der Waals surface area contributed by atoms with Gasteiger partial charge in [0.1, 0.15) is 0 Å². The molecule has 3 nitrogen and oxygen atoms in total. The molecule has 0 bridgehead atoms. The third-order valence-electron chi connectivity index (χ3n) is 3.12. The van der Waals surface area contributed by atoms with Crippen molar-refractivity contribution < 1.29 is 9.47 Å². The van der Waals surface area contributed by atoms with Crippen LogP contribution in [-0.4, -0.2) is 31.0 Å².